The highest BCUT2D eigenvalue weighted by Gasteiger charge is 2.29. The number of aromatic nitrogens is 3. The van der Waals surface area contributed by atoms with Crippen molar-refractivity contribution in [2.45, 2.75) is 39.3 Å². The molecule has 10 nitrogen and oxygen atoms in total. The lowest BCUT2D eigenvalue weighted by Crippen LogP contribution is -2.30. The third-order valence-corrected chi connectivity index (χ3v) is 7.33. The molecule has 1 aliphatic heterocycles. The number of amides is 2. The number of halogens is 1. The van der Waals surface area contributed by atoms with Crippen molar-refractivity contribution in [3.63, 3.8) is 0 Å². The molecule has 3 heterocycles. The first-order valence-corrected chi connectivity index (χ1v) is 13.0. The van der Waals surface area contributed by atoms with Gasteiger partial charge in [0.2, 0.25) is 0 Å². The average molecular weight is 544 g/mol. The summed E-state index contributed by atoms with van der Waals surface area (Å²) in [5.74, 6) is -0.631. The van der Waals surface area contributed by atoms with Crippen LogP contribution >= 0.6 is 0 Å². The third kappa shape index (κ3) is 4.53. The van der Waals surface area contributed by atoms with E-state index in [9.17, 15) is 18.8 Å². The molecular weight excluding hydrogens is 517 g/mol. The predicted octanol–water partition coefficient (Wildman–Crippen LogP) is 3.50. The van der Waals surface area contributed by atoms with E-state index in [0.717, 1.165) is 33.0 Å². The molecular formula is C29H26FN5O5. The molecule has 0 radical (unpaired) electrons. The number of ketones is 1. The molecule has 0 saturated heterocycles. The number of carbonyl (C=O) groups is 3. The zero-order valence-electron chi connectivity index (χ0n) is 21.9. The summed E-state index contributed by atoms with van der Waals surface area (Å²) in [5, 5.41) is 9.71. The molecule has 1 aliphatic carbocycles. The van der Waals surface area contributed by atoms with E-state index in [-0.39, 0.29) is 35.4 Å². The molecule has 204 valence electrons. The van der Waals surface area contributed by atoms with Gasteiger partial charge in [-0.15, -0.1) is 0 Å². The second kappa shape index (κ2) is 10.1. The maximum absolute atomic E-state index is 14.5. The zero-order chi connectivity index (χ0) is 28.0. The number of nitrogens with zero attached hydrogens (tertiary/aromatic N) is 3. The minimum atomic E-state index is -0.755. The molecule has 40 heavy (non-hydrogen) atoms. The van der Waals surface area contributed by atoms with Gasteiger partial charge < -0.3 is 20.1 Å². The molecule has 11 heteroatoms. The van der Waals surface area contributed by atoms with E-state index in [1.807, 2.05) is 13.0 Å². The summed E-state index contributed by atoms with van der Waals surface area (Å²) in [6.07, 6.45) is 2.31. The monoisotopic (exact) mass is 543 g/mol. The number of hydrogen-bond acceptors (Lipinski definition) is 7. The van der Waals surface area contributed by atoms with Crippen molar-refractivity contribution in [1.82, 2.24) is 25.2 Å². The molecule has 2 N–H and O–H groups in total. The van der Waals surface area contributed by atoms with Crippen molar-refractivity contribution < 1.29 is 28.2 Å². The lowest BCUT2D eigenvalue weighted by atomic mass is 9.96. The molecule has 2 aliphatic rings. The van der Waals surface area contributed by atoms with Crippen molar-refractivity contribution in [3.05, 3.63) is 87.6 Å². The van der Waals surface area contributed by atoms with Crippen LogP contribution < -0.4 is 20.1 Å². The molecule has 2 aromatic carbocycles. The van der Waals surface area contributed by atoms with Crippen LogP contribution in [0.5, 0.6) is 11.5 Å². The van der Waals surface area contributed by atoms with E-state index in [1.165, 1.54) is 13.0 Å². The van der Waals surface area contributed by atoms with Gasteiger partial charge in [0.1, 0.15) is 24.6 Å². The molecule has 0 bridgehead atoms. The van der Waals surface area contributed by atoms with Gasteiger partial charge in [-0.05, 0) is 61.1 Å². The standard InChI is InChI=1S/C29H26FN5O5/c1-15-18(16(2)36)4-5-20-19(15)6-7-22(20)34-29(38)24-12-23(33-27-21(30)14-32-35(24)27)28(37)31-13-17-3-8-25-26(11-17)40-10-9-39-25/h3-5,8,11-12,14,22H,6-7,9-10,13H2,1-2H3,(H,31,37)(H,34,38)/t22-/m0/s1. The maximum atomic E-state index is 14.5. The number of carbonyl (C=O) groups excluding carboxylic acids is 3. The Kier molecular flexibility index (Phi) is 6.41. The van der Waals surface area contributed by atoms with E-state index in [2.05, 4.69) is 20.7 Å². The molecule has 0 fully saturated rings. The minimum absolute atomic E-state index is 0.00699. The Bertz CT molecular complexity index is 1700. The highest BCUT2D eigenvalue weighted by Crippen LogP contribution is 2.35. The second-order valence-corrected chi connectivity index (χ2v) is 9.84. The number of rotatable bonds is 6. The Labute approximate surface area is 228 Å². The summed E-state index contributed by atoms with van der Waals surface area (Å²) in [6.45, 7) is 4.53. The Balaban J connectivity index is 1.24. The Morgan fingerprint density at radius 3 is 2.67 bits per heavy atom. The van der Waals surface area contributed by atoms with E-state index in [4.69, 9.17) is 9.47 Å². The molecule has 2 aromatic heterocycles. The van der Waals surface area contributed by atoms with Crippen LogP contribution in [0, 0.1) is 12.7 Å². The number of fused-ring (bicyclic) bond motifs is 3. The Morgan fingerprint density at radius 2 is 1.88 bits per heavy atom. The molecule has 0 spiro atoms. The van der Waals surface area contributed by atoms with Crippen LogP contribution in [0.25, 0.3) is 5.65 Å². The summed E-state index contributed by atoms with van der Waals surface area (Å²) in [7, 11) is 0. The van der Waals surface area contributed by atoms with Crippen molar-refractivity contribution >= 4 is 23.2 Å². The van der Waals surface area contributed by atoms with E-state index in [1.54, 1.807) is 24.3 Å². The topological polar surface area (TPSA) is 124 Å². The van der Waals surface area contributed by atoms with Gasteiger partial charge in [-0.3, -0.25) is 14.4 Å². The molecule has 0 saturated carbocycles. The lowest BCUT2D eigenvalue weighted by Gasteiger charge is -2.19. The van der Waals surface area contributed by atoms with Crippen LogP contribution in [0.1, 0.15) is 73.0 Å². The molecule has 0 unspecified atom stereocenters. The molecule has 6 rings (SSSR count). The minimum Gasteiger partial charge on any atom is -0.486 e. The van der Waals surface area contributed by atoms with Crippen molar-refractivity contribution in [2.24, 2.45) is 0 Å². The Hall–Kier alpha value is -4.80. The average Bonchev–Trinajstić information content (AvgIpc) is 3.54. The van der Waals surface area contributed by atoms with Crippen molar-refractivity contribution in [1.29, 1.82) is 0 Å². The predicted molar refractivity (Wildman–Crippen MR) is 141 cm³/mol. The summed E-state index contributed by atoms with van der Waals surface area (Å²) < 4.78 is 26.7. The molecule has 2 amide bonds. The Morgan fingerprint density at radius 1 is 1.07 bits per heavy atom. The summed E-state index contributed by atoms with van der Waals surface area (Å²) in [5.41, 5.74) is 3.96. The molecule has 4 aromatic rings. The van der Waals surface area contributed by atoms with Gasteiger partial charge in [0, 0.05) is 18.2 Å². The quantitative estimate of drug-likeness (QED) is 0.357. The van der Waals surface area contributed by atoms with Crippen LogP contribution in [0.3, 0.4) is 0 Å². The van der Waals surface area contributed by atoms with Crippen LogP contribution in [-0.2, 0) is 13.0 Å². The summed E-state index contributed by atoms with van der Waals surface area (Å²) in [4.78, 5) is 42.6. The largest absolute Gasteiger partial charge is 0.486 e. The van der Waals surface area contributed by atoms with Gasteiger partial charge >= 0.3 is 0 Å². The highest BCUT2D eigenvalue weighted by atomic mass is 19.1. The van der Waals surface area contributed by atoms with Gasteiger partial charge in [-0.2, -0.15) is 5.10 Å². The van der Waals surface area contributed by atoms with E-state index < -0.39 is 17.6 Å². The fourth-order valence-electron chi connectivity index (χ4n) is 5.33. The summed E-state index contributed by atoms with van der Waals surface area (Å²) >= 11 is 0. The zero-order valence-corrected chi connectivity index (χ0v) is 21.9. The number of benzene rings is 2. The van der Waals surface area contributed by atoms with Crippen LogP contribution in [0.4, 0.5) is 4.39 Å². The number of ether oxygens (including phenoxy) is 2. The van der Waals surface area contributed by atoms with Crippen molar-refractivity contribution in [2.75, 3.05) is 13.2 Å². The van der Waals surface area contributed by atoms with Crippen LogP contribution in [0.15, 0.2) is 42.6 Å². The fourth-order valence-corrected chi connectivity index (χ4v) is 5.33. The number of hydrogen-bond donors (Lipinski definition) is 2. The molecule has 1 atom stereocenters. The van der Waals surface area contributed by atoms with Gasteiger partial charge in [0.25, 0.3) is 11.8 Å². The third-order valence-electron chi connectivity index (χ3n) is 7.33. The van der Waals surface area contributed by atoms with Crippen LogP contribution in [-0.4, -0.2) is 45.4 Å². The normalized spacial score (nSPS) is 15.5. The number of nitrogens with one attached hydrogen (secondary N) is 2. The first-order valence-electron chi connectivity index (χ1n) is 13.0. The van der Waals surface area contributed by atoms with Gasteiger partial charge in [-0.25, -0.2) is 13.9 Å². The summed E-state index contributed by atoms with van der Waals surface area (Å²) in [6, 6.07) is 9.99. The first kappa shape index (κ1) is 25.5. The smallest absolute Gasteiger partial charge is 0.270 e. The fraction of sp³-hybridized carbons (Fsp3) is 0.276. The maximum Gasteiger partial charge on any atom is 0.270 e. The van der Waals surface area contributed by atoms with Gasteiger partial charge in [0.05, 0.1) is 12.2 Å². The highest BCUT2D eigenvalue weighted by molar-refractivity contribution is 5.99. The van der Waals surface area contributed by atoms with Gasteiger partial charge in [0.15, 0.2) is 28.7 Å². The first-order chi connectivity index (χ1) is 19.3. The lowest BCUT2D eigenvalue weighted by molar-refractivity contribution is 0.0927. The SMILES string of the molecule is CC(=O)c1ccc2c(c1C)CC[C@@H]2NC(=O)c1cc(C(=O)NCc2ccc3c(c2)OCCO3)nc2c(F)cnn12. The van der Waals surface area contributed by atoms with Gasteiger partial charge in [-0.1, -0.05) is 18.2 Å². The second-order valence-electron chi connectivity index (χ2n) is 9.84. The van der Waals surface area contributed by atoms with E-state index >= 15 is 0 Å². The number of Topliss-reactive ketones (excluding diaryl/α,β-unsaturated/α-hetero) is 1. The van der Waals surface area contributed by atoms with E-state index in [0.29, 0.717) is 43.1 Å². The van der Waals surface area contributed by atoms with Crippen LogP contribution in [0.2, 0.25) is 0 Å². The van der Waals surface area contributed by atoms with Crippen molar-refractivity contribution in [3.8, 4) is 11.5 Å².